The van der Waals surface area contributed by atoms with Gasteiger partial charge in [0.25, 0.3) is 5.91 Å². The molecule has 1 atom stereocenters. The van der Waals surface area contributed by atoms with Gasteiger partial charge in [-0.05, 0) is 50.1 Å². The van der Waals surface area contributed by atoms with E-state index in [9.17, 15) is 14.9 Å². The van der Waals surface area contributed by atoms with Gasteiger partial charge in [0.2, 0.25) is 5.91 Å². The highest BCUT2D eigenvalue weighted by Gasteiger charge is 2.28. The zero-order valence-corrected chi connectivity index (χ0v) is 19.8. The molecule has 1 aromatic heterocycles. The van der Waals surface area contributed by atoms with E-state index in [1.165, 1.54) is 0 Å². The summed E-state index contributed by atoms with van der Waals surface area (Å²) in [5.41, 5.74) is 2.26. The lowest BCUT2D eigenvalue weighted by Gasteiger charge is -2.28. The fraction of sp³-hybridized carbons (Fsp3) is 0.520. The molecule has 0 aliphatic carbocycles. The Morgan fingerprint density at radius 3 is 2.88 bits per heavy atom. The van der Waals surface area contributed by atoms with Crippen LogP contribution in [0, 0.1) is 11.3 Å². The van der Waals surface area contributed by atoms with Crippen LogP contribution >= 0.6 is 0 Å². The molecule has 1 aromatic carbocycles. The number of likely N-dealkylation sites (tertiary alicyclic amines) is 1. The summed E-state index contributed by atoms with van der Waals surface area (Å²) < 4.78 is 0. The number of aromatic nitrogens is 1. The second-order valence-electron chi connectivity index (χ2n) is 8.98. The smallest absolute Gasteiger partial charge is 0.252 e. The molecule has 2 aromatic rings. The van der Waals surface area contributed by atoms with Crippen LogP contribution in [0.2, 0.25) is 0 Å². The third kappa shape index (κ3) is 5.64. The lowest BCUT2D eigenvalue weighted by molar-refractivity contribution is -0.130. The maximum atomic E-state index is 13.0. The first-order valence-corrected chi connectivity index (χ1v) is 12.1. The molecule has 2 saturated heterocycles. The lowest BCUT2D eigenvalue weighted by Crippen LogP contribution is -2.44. The molecule has 2 amide bonds. The molecule has 2 aliphatic rings. The fourth-order valence-corrected chi connectivity index (χ4v) is 4.72. The van der Waals surface area contributed by atoms with Crippen LogP contribution in [0.3, 0.4) is 0 Å². The normalized spacial score (nSPS) is 18.6. The summed E-state index contributed by atoms with van der Waals surface area (Å²) in [5, 5.41) is 16.1. The van der Waals surface area contributed by atoms with E-state index in [4.69, 9.17) is 0 Å². The Morgan fingerprint density at radius 1 is 1.26 bits per heavy atom. The molecule has 4 rings (SSSR count). The van der Waals surface area contributed by atoms with Crippen molar-refractivity contribution in [1.82, 2.24) is 25.4 Å². The van der Waals surface area contributed by atoms with Crippen LogP contribution in [0.15, 0.2) is 30.5 Å². The number of hydrogen-bond acceptors (Lipinski definition) is 7. The predicted molar refractivity (Wildman–Crippen MR) is 132 cm³/mol. The number of carbonyl (C=O) groups is 2. The van der Waals surface area contributed by atoms with Gasteiger partial charge in [-0.2, -0.15) is 5.26 Å². The standard InChI is InChI=1S/C25H33N7O2/c1-30(11-3-12-31-14-9-27-10-15-31)19-5-6-23-22(16-19)21(7-8-28-23)25(34)29-18-24(33)32-13-2-4-20(32)17-26/h5-8,16,20,27H,2-4,9-15,18H2,1H3,(H,29,34)/t20-/m0/s1. The summed E-state index contributed by atoms with van der Waals surface area (Å²) in [7, 11) is 2.06. The molecule has 0 radical (unpaired) electrons. The average Bonchev–Trinajstić information content (AvgIpc) is 3.36. The average molecular weight is 464 g/mol. The van der Waals surface area contributed by atoms with E-state index in [1.807, 2.05) is 18.2 Å². The van der Waals surface area contributed by atoms with Crippen LogP contribution in [0.5, 0.6) is 0 Å². The fourth-order valence-electron chi connectivity index (χ4n) is 4.72. The van der Waals surface area contributed by atoms with Crippen LogP contribution < -0.4 is 15.5 Å². The molecular formula is C25H33N7O2. The number of nitriles is 1. The zero-order valence-electron chi connectivity index (χ0n) is 19.8. The molecular weight excluding hydrogens is 430 g/mol. The molecule has 34 heavy (non-hydrogen) atoms. The highest BCUT2D eigenvalue weighted by molar-refractivity contribution is 6.07. The van der Waals surface area contributed by atoms with Gasteiger partial charge in [0.1, 0.15) is 6.04 Å². The van der Waals surface area contributed by atoms with E-state index in [0.29, 0.717) is 18.5 Å². The molecule has 0 unspecified atom stereocenters. The van der Waals surface area contributed by atoms with Gasteiger partial charge in [-0.15, -0.1) is 0 Å². The van der Waals surface area contributed by atoms with Crippen LogP contribution in [-0.4, -0.2) is 92.0 Å². The van der Waals surface area contributed by atoms with E-state index in [2.05, 4.69) is 38.5 Å². The van der Waals surface area contributed by atoms with E-state index < -0.39 is 6.04 Å². The van der Waals surface area contributed by atoms with Gasteiger partial charge in [0.15, 0.2) is 0 Å². The van der Waals surface area contributed by atoms with Crippen molar-refractivity contribution >= 4 is 28.4 Å². The van der Waals surface area contributed by atoms with Crippen molar-refractivity contribution in [2.24, 2.45) is 0 Å². The Balaban J connectivity index is 1.39. The SMILES string of the molecule is CN(CCCN1CCNCC1)c1ccc2nccc(C(=O)NCC(=O)N3CCC[C@H]3C#N)c2c1. The van der Waals surface area contributed by atoms with Crippen LogP contribution in [-0.2, 0) is 4.79 Å². The maximum Gasteiger partial charge on any atom is 0.252 e. The molecule has 0 bridgehead atoms. The Kier molecular flexibility index (Phi) is 7.93. The van der Waals surface area contributed by atoms with Crippen molar-refractivity contribution < 1.29 is 9.59 Å². The number of anilines is 1. The van der Waals surface area contributed by atoms with Crippen LogP contribution in [0.4, 0.5) is 5.69 Å². The second-order valence-corrected chi connectivity index (χ2v) is 8.98. The molecule has 2 aliphatic heterocycles. The van der Waals surface area contributed by atoms with Gasteiger partial charge in [0, 0.05) is 63.6 Å². The summed E-state index contributed by atoms with van der Waals surface area (Å²) in [5.74, 6) is -0.535. The molecule has 3 heterocycles. The minimum Gasteiger partial charge on any atom is -0.375 e. The monoisotopic (exact) mass is 463 g/mol. The van der Waals surface area contributed by atoms with Gasteiger partial charge < -0.3 is 25.3 Å². The summed E-state index contributed by atoms with van der Waals surface area (Å²) in [6.45, 7) is 6.75. The first-order valence-electron chi connectivity index (χ1n) is 12.1. The second kappa shape index (κ2) is 11.3. The Hall–Kier alpha value is -3.22. The molecule has 9 heteroatoms. The molecule has 2 fully saturated rings. The summed E-state index contributed by atoms with van der Waals surface area (Å²) in [4.78, 5) is 36.1. The number of fused-ring (bicyclic) bond motifs is 1. The van der Waals surface area contributed by atoms with Gasteiger partial charge in [-0.25, -0.2) is 0 Å². The summed E-state index contributed by atoms with van der Waals surface area (Å²) >= 11 is 0. The number of nitrogens with one attached hydrogen (secondary N) is 2. The Morgan fingerprint density at radius 2 is 2.09 bits per heavy atom. The topological polar surface area (TPSA) is 105 Å². The number of carbonyl (C=O) groups excluding carboxylic acids is 2. The first kappa shape index (κ1) is 23.9. The number of rotatable bonds is 8. The third-order valence-corrected chi connectivity index (χ3v) is 6.71. The molecule has 2 N–H and O–H groups in total. The van der Waals surface area contributed by atoms with Crippen molar-refractivity contribution in [3.8, 4) is 6.07 Å². The number of nitrogens with zero attached hydrogens (tertiary/aromatic N) is 5. The van der Waals surface area contributed by atoms with Crippen LogP contribution in [0.1, 0.15) is 29.6 Å². The number of hydrogen-bond donors (Lipinski definition) is 2. The Bertz CT molecular complexity index is 1060. The summed E-state index contributed by atoms with van der Waals surface area (Å²) in [6, 6.07) is 9.41. The van der Waals surface area contributed by atoms with Crippen molar-refractivity contribution in [3.05, 3.63) is 36.0 Å². The van der Waals surface area contributed by atoms with E-state index in [-0.39, 0.29) is 18.4 Å². The molecule has 0 spiro atoms. The quantitative estimate of drug-likeness (QED) is 0.606. The van der Waals surface area contributed by atoms with Crippen LogP contribution in [0.25, 0.3) is 10.9 Å². The third-order valence-electron chi connectivity index (χ3n) is 6.71. The molecule has 9 nitrogen and oxygen atoms in total. The first-order chi connectivity index (χ1) is 16.6. The zero-order chi connectivity index (χ0) is 23.9. The lowest BCUT2D eigenvalue weighted by atomic mass is 10.1. The highest BCUT2D eigenvalue weighted by atomic mass is 16.2. The maximum absolute atomic E-state index is 13.0. The highest BCUT2D eigenvalue weighted by Crippen LogP contribution is 2.24. The van der Waals surface area contributed by atoms with E-state index >= 15 is 0 Å². The van der Waals surface area contributed by atoms with Crippen molar-refractivity contribution in [2.75, 3.05) is 64.3 Å². The van der Waals surface area contributed by atoms with E-state index in [1.54, 1.807) is 17.2 Å². The number of benzene rings is 1. The Labute approximate surface area is 200 Å². The largest absolute Gasteiger partial charge is 0.375 e. The number of pyridine rings is 1. The molecule has 180 valence electrons. The number of amides is 2. The van der Waals surface area contributed by atoms with Gasteiger partial charge in [-0.3, -0.25) is 14.6 Å². The van der Waals surface area contributed by atoms with Gasteiger partial charge >= 0.3 is 0 Å². The van der Waals surface area contributed by atoms with Crippen molar-refractivity contribution in [2.45, 2.75) is 25.3 Å². The minimum atomic E-state index is -0.393. The molecule has 0 saturated carbocycles. The number of piperazine rings is 1. The van der Waals surface area contributed by atoms with Crippen molar-refractivity contribution in [1.29, 1.82) is 5.26 Å². The minimum absolute atomic E-state index is 0.119. The predicted octanol–water partition coefficient (Wildman–Crippen LogP) is 1.21. The van der Waals surface area contributed by atoms with Gasteiger partial charge in [-0.1, -0.05) is 0 Å². The van der Waals surface area contributed by atoms with Crippen molar-refractivity contribution in [3.63, 3.8) is 0 Å². The van der Waals surface area contributed by atoms with E-state index in [0.717, 1.165) is 68.7 Å². The van der Waals surface area contributed by atoms with Gasteiger partial charge in [0.05, 0.1) is 23.7 Å². The summed E-state index contributed by atoms with van der Waals surface area (Å²) in [6.07, 6.45) is 4.19.